The molecule has 4 aromatic rings. The van der Waals surface area contributed by atoms with Gasteiger partial charge in [-0.15, -0.1) is 0 Å². The minimum absolute atomic E-state index is 0.0859. The Morgan fingerprint density at radius 2 is 1.80 bits per heavy atom. The van der Waals surface area contributed by atoms with Crippen LogP contribution in [-0.4, -0.2) is 37.6 Å². The highest BCUT2D eigenvalue weighted by molar-refractivity contribution is 5.94. The van der Waals surface area contributed by atoms with Crippen molar-refractivity contribution in [2.45, 2.75) is 32.7 Å². The van der Waals surface area contributed by atoms with Crippen molar-refractivity contribution in [1.29, 1.82) is 0 Å². The quantitative estimate of drug-likeness (QED) is 0.524. The summed E-state index contributed by atoms with van der Waals surface area (Å²) in [6.07, 6.45) is 2.89. The smallest absolute Gasteiger partial charge is 0.274 e. The first-order chi connectivity index (χ1) is 14.6. The lowest BCUT2D eigenvalue weighted by Crippen LogP contribution is -2.28. The Morgan fingerprint density at radius 3 is 2.63 bits per heavy atom. The molecule has 1 aliphatic rings. The number of amides is 1. The molecule has 0 unspecified atom stereocenters. The number of rotatable bonds is 4. The standard InChI is InChI=1S/C24H23N5O/c1-16-18-11-6-7-13-20(18)26-22(25-16)15-28(2)24(30)23-19-12-8-14-21(19)29(27-23)17-9-4-3-5-10-17/h3-7,9-11,13H,8,12,14-15H2,1-2H3. The van der Waals surface area contributed by atoms with Crippen LogP contribution in [0.15, 0.2) is 54.6 Å². The molecule has 0 saturated carbocycles. The predicted octanol–water partition coefficient (Wildman–Crippen LogP) is 3.88. The zero-order chi connectivity index (χ0) is 20.7. The summed E-state index contributed by atoms with van der Waals surface area (Å²) >= 11 is 0. The molecule has 2 aromatic heterocycles. The highest BCUT2D eigenvalue weighted by atomic mass is 16.2. The Kier molecular flexibility index (Phi) is 4.54. The first-order valence-electron chi connectivity index (χ1n) is 10.3. The summed E-state index contributed by atoms with van der Waals surface area (Å²) in [4.78, 5) is 24.2. The van der Waals surface area contributed by atoms with E-state index in [1.165, 1.54) is 0 Å². The van der Waals surface area contributed by atoms with Gasteiger partial charge < -0.3 is 4.90 Å². The van der Waals surface area contributed by atoms with E-state index in [2.05, 4.69) is 9.97 Å². The van der Waals surface area contributed by atoms with E-state index in [0.29, 0.717) is 18.1 Å². The van der Waals surface area contributed by atoms with Crippen LogP contribution in [-0.2, 0) is 19.4 Å². The van der Waals surface area contributed by atoms with Gasteiger partial charge in [-0.05, 0) is 44.4 Å². The van der Waals surface area contributed by atoms with Gasteiger partial charge in [0.1, 0.15) is 5.82 Å². The topological polar surface area (TPSA) is 63.9 Å². The van der Waals surface area contributed by atoms with Gasteiger partial charge in [-0.25, -0.2) is 14.6 Å². The third-order valence-electron chi connectivity index (χ3n) is 5.70. The molecule has 0 radical (unpaired) electrons. The van der Waals surface area contributed by atoms with Gasteiger partial charge in [0.15, 0.2) is 5.69 Å². The predicted molar refractivity (Wildman–Crippen MR) is 116 cm³/mol. The Morgan fingerprint density at radius 1 is 1.03 bits per heavy atom. The van der Waals surface area contributed by atoms with E-state index in [-0.39, 0.29) is 5.91 Å². The average Bonchev–Trinajstić information content (AvgIpc) is 3.37. The van der Waals surface area contributed by atoms with E-state index >= 15 is 0 Å². The lowest BCUT2D eigenvalue weighted by molar-refractivity contribution is 0.0774. The molecule has 0 atom stereocenters. The SMILES string of the molecule is Cc1nc(CN(C)C(=O)c2nn(-c3ccccc3)c3c2CCC3)nc2ccccc12. The summed E-state index contributed by atoms with van der Waals surface area (Å²) < 4.78 is 1.93. The Bertz CT molecular complexity index is 1250. The summed E-state index contributed by atoms with van der Waals surface area (Å²) in [7, 11) is 1.79. The molecule has 6 heteroatoms. The fourth-order valence-electron chi connectivity index (χ4n) is 4.22. The van der Waals surface area contributed by atoms with Crippen LogP contribution in [0.2, 0.25) is 0 Å². The first-order valence-corrected chi connectivity index (χ1v) is 10.3. The van der Waals surface area contributed by atoms with Crippen molar-refractivity contribution in [2.75, 3.05) is 7.05 Å². The van der Waals surface area contributed by atoms with E-state index in [9.17, 15) is 4.79 Å². The summed E-state index contributed by atoms with van der Waals surface area (Å²) in [6.45, 7) is 2.32. The van der Waals surface area contributed by atoms with Crippen molar-refractivity contribution < 1.29 is 4.79 Å². The highest BCUT2D eigenvalue weighted by Gasteiger charge is 2.28. The van der Waals surface area contributed by atoms with Crippen LogP contribution in [0.1, 0.15) is 39.7 Å². The van der Waals surface area contributed by atoms with E-state index in [1.54, 1.807) is 11.9 Å². The molecule has 0 spiro atoms. The largest absolute Gasteiger partial charge is 0.333 e. The van der Waals surface area contributed by atoms with Gasteiger partial charge in [0.05, 0.1) is 17.7 Å². The van der Waals surface area contributed by atoms with Crippen LogP contribution < -0.4 is 0 Å². The van der Waals surface area contributed by atoms with E-state index < -0.39 is 0 Å². The molecule has 0 bridgehead atoms. The van der Waals surface area contributed by atoms with Gasteiger partial charge in [0.25, 0.3) is 5.91 Å². The van der Waals surface area contributed by atoms with Gasteiger partial charge in [-0.2, -0.15) is 5.10 Å². The molecule has 150 valence electrons. The van der Waals surface area contributed by atoms with E-state index in [0.717, 1.165) is 52.8 Å². The van der Waals surface area contributed by atoms with Gasteiger partial charge in [0.2, 0.25) is 0 Å². The number of hydrogen-bond donors (Lipinski definition) is 0. The summed E-state index contributed by atoms with van der Waals surface area (Å²) in [5.74, 6) is 0.554. The number of para-hydroxylation sites is 2. The summed E-state index contributed by atoms with van der Waals surface area (Å²) in [6, 6.07) is 18.0. The zero-order valence-electron chi connectivity index (χ0n) is 17.2. The number of carbonyl (C=O) groups is 1. The van der Waals surface area contributed by atoms with Crippen LogP contribution in [0.4, 0.5) is 0 Å². The van der Waals surface area contributed by atoms with Crippen molar-refractivity contribution >= 4 is 16.8 Å². The molecular weight excluding hydrogens is 374 g/mol. The Hall–Kier alpha value is -3.54. The lowest BCUT2D eigenvalue weighted by atomic mass is 10.2. The lowest BCUT2D eigenvalue weighted by Gasteiger charge is -2.16. The minimum Gasteiger partial charge on any atom is -0.333 e. The van der Waals surface area contributed by atoms with Crippen molar-refractivity contribution in [2.24, 2.45) is 0 Å². The average molecular weight is 397 g/mol. The molecule has 0 saturated heterocycles. The van der Waals surface area contributed by atoms with Crippen molar-refractivity contribution in [3.63, 3.8) is 0 Å². The minimum atomic E-state index is -0.0859. The number of fused-ring (bicyclic) bond motifs is 2. The van der Waals surface area contributed by atoms with Gasteiger partial charge in [-0.1, -0.05) is 36.4 Å². The maximum Gasteiger partial charge on any atom is 0.274 e. The summed E-state index contributed by atoms with van der Waals surface area (Å²) in [5, 5.41) is 5.75. The van der Waals surface area contributed by atoms with Crippen LogP contribution in [0.25, 0.3) is 16.6 Å². The highest BCUT2D eigenvalue weighted by Crippen LogP contribution is 2.28. The number of nitrogens with zero attached hydrogens (tertiary/aromatic N) is 5. The van der Waals surface area contributed by atoms with Gasteiger partial charge in [0, 0.05) is 29.4 Å². The van der Waals surface area contributed by atoms with Crippen molar-refractivity contribution in [3.05, 3.63) is 83.1 Å². The van der Waals surface area contributed by atoms with Crippen LogP contribution >= 0.6 is 0 Å². The fourth-order valence-corrected chi connectivity index (χ4v) is 4.22. The number of aromatic nitrogens is 4. The second-order valence-electron chi connectivity index (χ2n) is 7.78. The van der Waals surface area contributed by atoms with Gasteiger partial charge >= 0.3 is 0 Å². The number of benzene rings is 2. The molecule has 5 rings (SSSR count). The Balaban J connectivity index is 1.45. The van der Waals surface area contributed by atoms with Crippen molar-refractivity contribution in [3.8, 4) is 5.69 Å². The first kappa shape index (κ1) is 18.5. The second-order valence-corrected chi connectivity index (χ2v) is 7.78. The third kappa shape index (κ3) is 3.14. The van der Waals surface area contributed by atoms with Gasteiger partial charge in [-0.3, -0.25) is 4.79 Å². The molecule has 0 aliphatic heterocycles. The monoisotopic (exact) mass is 397 g/mol. The fraction of sp³-hybridized carbons (Fsp3) is 0.250. The van der Waals surface area contributed by atoms with Crippen LogP contribution in [0, 0.1) is 6.92 Å². The molecular formula is C24H23N5O. The third-order valence-corrected chi connectivity index (χ3v) is 5.70. The maximum absolute atomic E-state index is 13.3. The second kappa shape index (κ2) is 7.37. The molecule has 1 amide bonds. The number of aryl methyl sites for hydroxylation is 1. The zero-order valence-corrected chi connectivity index (χ0v) is 17.2. The molecule has 2 aromatic carbocycles. The molecule has 1 aliphatic carbocycles. The van der Waals surface area contributed by atoms with Crippen LogP contribution in [0.3, 0.4) is 0 Å². The number of hydrogen-bond acceptors (Lipinski definition) is 4. The molecule has 2 heterocycles. The molecule has 0 fully saturated rings. The molecule has 0 N–H and O–H groups in total. The maximum atomic E-state index is 13.3. The molecule has 30 heavy (non-hydrogen) atoms. The number of carbonyl (C=O) groups excluding carboxylic acids is 1. The Labute approximate surface area is 175 Å². The summed E-state index contributed by atoms with van der Waals surface area (Å²) in [5.41, 5.74) is 5.58. The van der Waals surface area contributed by atoms with Crippen molar-refractivity contribution in [1.82, 2.24) is 24.6 Å². The normalized spacial score (nSPS) is 12.9. The van der Waals surface area contributed by atoms with E-state index in [4.69, 9.17) is 5.10 Å². The van der Waals surface area contributed by atoms with E-state index in [1.807, 2.05) is 66.2 Å². The van der Waals surface area contributed by atoms with Crippen LogP contribution in [0.5, 0.6) is 0 Å². The molecule has 6 nitrogen and oxygen atoms in total.